The molecule has 1 atom stereocenters. The van der Waals surface area contributed by atoms with E-state index in [1.807, 2.05) is 73.8 Å². The third-order valence-corrected chi connectivity index (χ3v) is 6.55. The molecule has 0 radical (unpaired) electrons. The van der Waals surface area contributed by atoms with Gasteiger partial charge < -0.3 is 19.9 Å². The van der Waals surface area contributed by atoms with Crippen LogP contribution in [0.15, 0.2) is 66.7 Å². The van der Waals surface area contributed by atoms with Gasteiger partial charge in [0, 0.05) is 5.56 Å². The quantitative estimate of drug-likeness (QED) is 0.340. The molecule has 0 bridgehead atoms. The van der Waals surface area contributed by atoms with Crippen molar-refractivity contribution in [2.45, 2.75) is 39.2 Å². The van der Waals surface area contributed by atoms with Crippen molar-refractivity contribution < 1.29 is 24.2 Å². The molecule has 3 rings (SSSR count). The first-order valence-corrected chi connectivity index (χ1v) is 13.2. The van der Waals surface area contributed by atoms with Gasteiger partial charge in [-0.1, -0.05) is 54.6 Å². The van der Waals surface area contributed by atoms with Gasteiger partial charge in [0.25, 0.3) is 5.91 Å². The van der Waals surface area contributed by atoms with Crippen LogP contribution in [0, 0.1) is 6.92 Å². The van der Waals surface area contributed by atoms with Crippen molar-refractivity contribution in [1.29, 1.82) is 0 Å². The smallest absolute Gasteiger partial charge is 0.328 e. The molecule has 3 aromatic carbocycles. The van der Waals surface area contributed by atoms with Gasteiger partial charge in [0.05, 0.1) is 26.9 Å². The van der Waals surface area contributed by atoms with Gasteiger partial charge in [-0.15, -0.1) is 0 Å². The fourth-order valence-electron chi connectivity index (χ4n) is 3.87. The summed E-state index contributed by atoms with van der Waals surface area (Å²) in [4.78, 5) is 25.6. The van der Waals surface area contributed by atoms with Gasteiger partial charge >= 0.3 is 5.97 Å². The fraction of sp³-hybridized carbons (Fsp3) is 0.310. The summed E-state index contributed by atoms with van der Waals surface area (Å²) in [5.41, 5.74) is 6.07. The Morgan fingerprint density at radius 1 is 0.944 bits per heavy atom. The van der Waals surface area contributed by atoms with E-state index in [1.54, 1.807) is 17.8 Å². The first-order chi connectivity index (χ1) is 17.5. The van der Waals surface area contributed by atoms with E-state index in [1.165, 1.54) is 7.11 Å². The zero-order chi connectivity index (χ0) is 25.9. The summed E-state index contributed by atoms with van der Waals surface area (Å²) in [5, 5.41) is 12.1. The molecule has 2 N–H and O–H groups in total. The molecule has 0 aliphatic carbocycles. The Labute approximate surface area is 217 Å². The highest BCUT2D eigenvalue weighted by Gasteiger charge is 2.23. The van der Waals surface area contributed by atoms with Crippen LogP contribution < -0.4 is 5.32 Å². The topological polar surface area (TPSA) is 84.9 Å². The van der Waals surface area contributed by atoms with Gasteiger partial charge in [-0.25, -0.2) is 4.79 Å². The van der Waals surface area contributed by atoms with Gasteiger partial charge in [-0.2, -0.15) is 11.8 Å². The largest absolute Gasteiger partial charge is 0.467 e. The molecule has 3 aromatic rings. The number of hydrogen-bond donors (Lipinski definition) is 2. The number of nitrogens with one attached hydrogen (secondary N) is 1. The molecule has 0 aliphatic heterocycles. The Morgan fingerprint density at radius 3 is 2.28 bits per heavy atom. The van der Waals surface area contributed by atoms with Crippen LogP contribution in [0.1, 0.15) is 39.0 Å². The third-order valence-electron chi connectivity index (χ3n) is 5.91. The molecule has 0 spiro atoms. The maximum absolute atomic E-state index is 13.3. The van der Waals surface area contributed by atoms with Crippen molar-refractivity contribution in [2.75, 3.05) is 19.1 Å². The number of amides is 1. The lowest BCUT2D eigenvalue weighted by atomic mass is 9.93. The van der Waals surface area contributed by atoms with E-state index in [4.69, 9.17) is 9.47 Å². The van der Waals surface area contributed by atoms with Crippen LogP contribution in [-0.4, -0.2) is 42.1 Å². The summed E-state index contributed by atoms with van der Waals surface area (Å²) >= 11 is 1.61. The summed E-state index contributed by atoms with van der Waals surface area (Å²) < 4.78 is 10.8. The van der Waals surface area contributed by atoms with Gasteiger partial charge in [-0.3, -0.25) is 4.79 Å². The average Bonchev–Trinajstić information content (AvgIpc) is 2.91. The third kappa shape index (κ3) is 7.43. The van der Waals surface area contributed by atoms with Crippen molar-refractivity contribution in [3.63, 3.8) is 0 Å². The summed E-state index contributed by atoms with van der Waals surface area (Å²) in [6.07, 6.45) is 2.45. The molecular weight excluding hydrogens is 474 g/mol. The Bertz CT molecular complexity index is 1160. The minimum atomic E-state index is -0.708. The molecule has 0 saturated carbocycles. The van der Waals surface area contributed by atoms with Crippen LogP contribution in [0.2, 0.25) is 0 Å². The van der Waals surface area contributed by atoms with Crippen molar-refractivity contribution in [1.82, 2.24) is 5.32 Å². The highest BCUT2D eigenvalue weighted by atomic mass is 32.2. The van der Waals surface area contributed by atoms with Crippen LogP contribution in [0.25, 0.3) is 11.1 Å². The van der Waals surface area contributed by atoms with E-state index < -0.39 is 12.0 Å². The van der Waals surface area contributed by atoms with Crippen LogP contribution >= 0.6 is 11.8 Å². The summed E-state index contributed by atoms with van der Waals surface area (Å²) in [5.74, 6) is -0.0444. The lowest BCUT2D eigenvalue weighted by Crippen LogP contribution is -2.42. The number of aliphatic hydroxyl groups excluding tert-OH is 1. The summed E-state index contributed by atoms with van der Waals surface area (Å²) in [6.45, 7) is 2.83. The highest BCUT2D eigenvalue weighted by Crippen LogP contribution is 2.29. The molecule has 0 saturated heterocycles. The normalized spacial score (nSPS) is 11.7. The summed E-state index contributed by atoms with van der Waals surface area (Å²) in [6, 6.07) is 20.5. The molecule has 6 nitrogen and oxygen atoms in total. The molecule has 0 aliphatic rings. The van der Waals surface area contributed by atoms with Gasteiger partial charge in [0.15, 0.2) is 0 Å². The Hall–Kier alpha value is -3.13. The minimum Gasteiger partial charge on any atom is -0.467 e. The van der Waals surface area contributed by atoms with E-state index in [0.717, 1.165) is 39.1 Å². The number of ether oxygens (including phenoxy) is 2. The number of aryl methyl sites for hydroxylation is 1. The zero-order valence-corrected chi connectivity index (χ0v) is 21.8. The van der Waals surface area contributed by atoms with E-state index in [2.05, 4.69) is 5.32 Å². The van der Waals surface area contributed by atoms with Crippen molar-refractivity contribution in [3.05, 3.63) is 94.5 Å². The molecule has 1 amide bonds. The molecule has 0 unspecified atom stereocenters. The lowest BCUT2D eigenvalue weighted by molar-refractivity contribution is -0.142. The number of esters is 1. The molecule has 0 aromatic heterocycles. The maximum Gasteiger partial charge on any atom is 0.328 e. The second kappa shape index (κ2) is 13.8. The van der Waals surface area contributed by atoms with E-state index in [0.29, 0.717) is 25.2 Å². The first-order valence-electron chi connectivity index (χ1n) is 11.8. The van der Waals surface area contributed by atoms with E-state index in [-0.39, 0.29) is 12.5 Å². The number of thioether (sulfide) groups is 1. The van der Waals surface area contributed by atoms with Crippen LogP contribution in [0.3, 0.4) is 0 Å². The predicted octanol–water partition coefficient (Wildman–Crippen LogP) is 4.90. The second-order valence-corrected chi connectivity index (χ2v) is 9.48. The fourth-order valence-corrected chi connectivity index (χ4v) is 4.34. The Morgan fingerprint density at radius 2 is 1.61 bits per heavy atom. The Kier molecular flexibility index (Phi) is 10.5. The molecule has 0 fully saturated rings. The van der Waals surface area contributed by atoms with Crippen molar-refractivity contribution in [2.24, 2.45) is 0 Å². The van der Waals surface area contributed by atoms with Crippen molar-refractivity contribution >= 4 is 23.6 Å². The van der Waals surface area contributed by atoms with Gasteiger partial charge in [0.2, 0.25) is 0 Å². The van der Waals surface area contributed by atoms with E-state index in [9.17, 15) is 14.7 Å². The number of methoxy groups -OCH3 is 1. The predicted molar refractivity (Wildman–Crippen MR) is 144 cm³/mol. The lowest BCUT2D eigenvalue weighted by Gasteiger charge is -2.19. The average molecular weight is 508 g/mol. The second-order valence-electron chi connectivity index (χ2n) is 8.49. The van der Waals surface area contributed by atoms with Crippen LogP contribution in [0.5, 0.6) is 0 Å². The Balaban J connectivity index is 1.83. The molecule has 0 heterocycles. The number of carbonyl (C=O) groups excluding carboxylic acids is 2. The number of hydrogen-bond acceptors (Lipinski definition) is 6. The van der Waals surface area contributed by atoms with Crippen molar-refractivity contribution in [3.8, 4) is 11.1 Å². The molecule has 190 valence electrons. The number of benzene rings is 3. The molecular formula is C29H33NO5S. The van der Waals surface area contributed by atoms with Crippen LogP contribution in [0.4, 0.5) is 0 Å². The molecule has 36 heavy (non-hydrogen) atoms. The zero-order valence-electron chi connectivity index (χ0n) is 21.0. The maximum atomic E-state index is 13.3. The monoisotopic (exact) mass is 507 g/mol. The van der Waals surface area contributed by atoms with Gasteiger partial charge in [0.1, 0.15) is 6.04 Å². The standard InChI is InChI=1S/C29H33NO5S/c1-20-6-4-5-7-24(20)26-16-23(19-35-18-22-10-8-21(17-31)9-11-22)12-13-25(26)28(32)30-27(14-15-36-3)29(33)34-2/h4-13,16,27,31H,14-15,17-19H2,1-3H3,(H,30,32)/t27-/m0/s1. The SMILES string of the molecule is COC(=O)[C@H](CCSC)NC(=O)c1ccc(COCc2ccc(CO)cc2)cc1-c1ccccc1C. The number of aliphatic hydroxyl groups is 1. The molecule has 7 heteroatoms. The van der Waals surface area contributed by atoms with Gasteiger partial charge in [-0.05, 0) is 70.9 Å². The minimum absolute atomic E-state index is 0.0146. The summed E-state index contributed by atoms with van der Waals surface area (Å²) in [7, 11) is 1.33. The highest BCUT2D eigenvalue weighted by molar-refractivity contribution is 7.98. The van der Waals surface area contributed by atoms with E-state index >= 15 is 0 Å². The van der Waals surface area contributed by atoms with Crippen LogP contribution in [-0.2, 0) is 34.1 Å². The number of rotatable bonds is 12. The first kappa shape index (κ1) is 27.5. The number of carbonyl (C=O) groups is 2.